The fourth-order valence-corrected chi connectivity index (χ4v) is 3.68. The minimum atomic E-state index is -1.36. The third-order valence-corrected chi connectivity index (χ3v) is 5.24. The minimum absolute atomic E-state index is 0.0980. The second-order valence-electron chi connectivity index (χ2n) is 7.38. The monoisotopic (exact) mass is 408 g/mol. The molecule has 8 nitrogen and oxygen atoms in total. The summed E-state index contributed by atoms with van der Waals surface area (Å²) in [7, 11) is 0. The van der Waals surface area contributed by atoms with Gasteiger partial charge >= 0.3 is 17.9 Å². The number of carboxylic acids is 1. The molecule has 160 valence electrons. The molecule has 0 aromatic carbocycles. The first-order chi connectivity index (χ1) is 13.4. The maximum absolute atomic E-state index is 12.4. The van der Waals surface area contributed by atoms with Crippen LogP contribution in [0.15, 0.2) is 49.1 Å². The highest BCUT2D eigenvalue weighted by Gasteiger charge is 2.53. The highest BCUT2D eigenvalue weighted by molar-refractivity contribution is 5.89. The fraction of sp³-hybridized carbons (Fsp3) is 0.476. The number of aliphatic carboxylic acids is 1. The Hall–Kier alpha value is -2.71. The molecule has 1 fully saturated rings. The Balaban J connectivity index is 3.26. The van der Waals surface area contributed by atoms with E-state index in [9.17, 15) is 29.7 Å². The highest BCUT2D eigenvalue weighted by atomic mass is 16.6. The Morgan fingerprint density at radius 2 is 1.83 bits per heavy atom. The molecule has 0 spiro atoms. The molecule has 0 unspecified atom stereocenters. The van der Waals surface area contributed by atoms with Gasteiger partial charge in [-0.25, -0.2) is 9.59 Å². The van der Waals surface area contributed by atoms with Crippen LogP contribution in [-0.2, 0) is 23.9 Å². The van der Waals surface area contributed by atoms with Crippen molar-refractivity contribution >= 4 is 17.9 Å². The van der Waals surface area contributed by atoms with Gasteiger partial charge in [0.1, 0.15) is 12.7 Å². The summed E-state index contributed by atoms with van der Waals surface area (Å²) in [5, 5.41) is 29.9. The van der Waals surface area contributed by atoms with E-state index in [-0.39, 0.29) is 24.2 Å². The maximum Gasteiger partial charge on any atom is 0.337 e. The van der Waals surface area contributed by atoms with Crippen molar-refractivity contribution < 1.29 is 39.2 Å². The average molecular weight is 408 g/mol. The van der Waals surface area contributed by atoms with E-state index in [2.05, 4.69) is 26.3 Å². The number of hydrogen-bond acceptors (Lipinski definition) is 7. The van der Waals surface area contributed by atoms with Crippen LogP contribution in [0.4, 0.5) is 0 Å². The van der Waals surface area contributed by atoms with Crippen LogP contribution < -0.4 is 0 Å². The van der Waals surface area contributed by atoms with Crippen LogP contribution in [0.25, 0.3) is 0 Å². The molecule has 0 amide bonds. The number of esters is 2. The first kappa shape index (κ1) is 24.3. The number of allylic oxidation sites excluding steroid dienone is 1. The molecule has 1 rings (SSSR count). The lowest BCUT2D eigenvalue weighted by atomic mass is 9.58. The van der Waals surface area contributed by atoms with Crippen LogP contribution in [0.3, 0.4) is 0 Å². The molecule has 8 heteroatoms. The smallest absolute Gasteiger partial charge is 0.337 e. The molecule has 29 heavy (non-hydrogen) atoms. The maximum atomic E-state index is 12.4. The third-order valence-electron chi connectivity index (χ3n) is 5.24. The molecule has 3 N–H and O–H groups in total. The Bertz CT molecular complexity index is 737. The molecule has 1 aliphatic rings. The second kappa shape index (κ2) is 9.67. The summed E-state index contributed by atoms with van der Waals surface area (Å²) >= 11 is 0. The van der Waals surface area contributed by atoms with Crippen LogP contribution in [0, 0.1) is 17.3 Å². The first-order valence-electron chi connectivity index (χ1n) is 8.94. The molecule has 1 aliphatic carbocycles. The van der Waals surface area contributed by atoms with E-state index >= 15 is 0 Å². The first-order valence-corrected chi connectivity index (χ1v) is 8.94. The van der Waals surface area contributed by atoms with Gasteiger partial charge < -0.3 is 24.8 Å². The molecule has 0 heterocycles. The predicted molar refractivity (Wildman–Crippen MR) is 105 cm³/mol. The van der Waals surface area contributed by atoms with Gasteiger partial charge in [-0.1, -0.05) is 32.7 Å². The van der Waals surface area contributed by atoms with Gasteiger partial charge in [0.15, 0.2) is 0 Å². The summed E-state index contributed by atoms with van der Waals surface area (Å²) in [5.41, 5.74) is -1.04. The molecule has 0 aromatic heterocycles. The second-order valence-corrected chi connectivity index (χ2v) is 7.38. The zero-order valence-electron chi connectivity index (χ0n) is 16.7. The van der Waals surface area contributed by atoms with E-state index in [0.29, 0.717) is 5.57 Å². The number of hydrogen-bond donors (Lipinski definition) is 3. The van der Waals surface area contributed by atoms with E-state index in [1.807, 2.05) is 0 Å². The summed E-state index contributed by atoms with van der Waals surface area (Å²) in [6.07, 6.45) is -0.771. The Kier molecular flexibility index (Phi) is 8.11. The molecule has 0 saturated heterocycles. The number of ether oxygens (including phenoxy) is 2. The number of rotatable bonds is 9. The van der Waals surface area contributed by atoms with E-state index in [4.69, 9.17) is 9.47 Å². The summed E-state index contributed by atoms with van der Waals surface area (Å²) in [4.78, 5) is 34.8. The van der Waals surface area contributed by atoms with E-state index in [1.165, 1.54) is 6.92 Å². The zero-order chi connectivity index (χ0) is 22.5. The topological polar surface area (TPSA) is 130 Å². The van der Waals surface area contributed by atoms with Gasteiger partial charge in [0.2, 0.25) is 0 Å². The Morgan fingerprint density at radius 1 is 1.24 bits per heavy atom. The Labute approximate surface area is 169 Å². The van der Waals surface area contributed by atoms with Gasteiger partial charge in [-0.2, -0.15) is 0 Å². The van der Waals surface area contributed by atoms with Crippen LogP contribution in [-0.4, -0.2) is 58.6 Å². The third kappa shape index (κ3) is 5.42. The summed E-state index contributed by atoms with van der Waals surface area (Å²) < 4.78 is 10.2. The van der Waals surface area contributed by atoms with Crippen molar-refractivity contribution in [3.63, 3.8) is 0 Å². The quantitative estimate of drug-likeness (QED) is 0.296. The lowest BCUT2D eigenvalue weighted by molar-refractivity contribution is -0.161. The molecular weight excluding hydrogens is 380 g/mol. The van der Waals surface area contributed by atoms with E-state index in [1.54, 1.807) is 13.0 Å². The highest BCUT2D eigenvalue weighted by Crippen LogP contribution is 2.50. The number of carbonyl (C=O) groups is 3. The van der Waals surface area contributed by atoms with Crippen molar-refractivity contribution in [2.75, 3.05) is 13.2 Å². The Morgan fingerprint density at radius 3 is 2.28 bits per heavy atom. The standard InChI is InChI=1S/C21H28O8/c1-7-21(6)8-15(29-20(27)12(3)10-28-14(5)23)16(13(4)19(25)26)18(24)17(21)11(2)9-22/h7,15-18,22,24H,1-4,8-10H2,5-6H3,(H,25,26)/t15-,16+,17+,18-,21+/m0/s1. The van der Waals surface area contributed by atoms with Gasteiger partial charge in [0.25, 0.3) is 0 Å². The van der Waals surface area contributed by atoms with E-state index < -0.39 is 54.0 Å². The van der Waals surface area contributed by atoms with Gasteiger partial charge in [0.05, 0.1) is 24.2 Å². The lowest BCUT2D eigenvalue weighted by Gasteiger charge is -2.50. The van der Waals surface area contributed by atoms with Crippen molar-refractivity contribution in [1.82, 2.24) is 0 Å². The molecule has 1 saturated carbocycles. The van der Waals surface area contributed by atoms with Crippen LogP contribution in [0.1, 0.15) is 20.3 Å². The summed E-state index contributed by atoms with van der Waals surface area (Å²) in [6, 6.07) is 0. The minimum Gasteiger partial charge on any atom is -0.478 e. The lowest BCUT2D eigenvalue weighted by Crippen LogP contribution is -2.54. The molecule has 0 radical (unpaired) electrons. The normalized spacial score (nSPS) is 28.7. The number of carbonyl (C=O) groups excluding carboxylic acids is 2. The molecule has 5 atom stereocenters. The fourth-order valence-electron chi connectivity index (χ4n) is 3.68. The van der Waals surface area contributed by atoms with Gasteiger partial charge in [0, 0.05) is 18.4 Å². The van der Waals surface area contributed by atoms with Crippen LogP contribution in [0.2, 0.25) is 0 Å². The number of aliphatic hydroxyl groups is 2. The van der Waals surface area contributed by atoms with Crippen molar-refractivity contribution in [1.29, 1.82) is 0 Å². The summed E-state index contributed by atoms with van der Waals surface area (Å²) in [5.74, 6) is -4.74. The SMILES string of the molecule is C=C[C@]1(C)C[C@H](OC(=O)C(=C)COC(C)=O)[C@@H](C(=C)C(=O)O)[C@H](O)[C@H]1C(=C)CO. The van der Waals surface area contributed by atoms with Crippen molar-refractivity contribution in [2.24, 2.45) is 17.3 Å². The van der Waals surface area contributed by atoms with Gasteiger partial charge in [-0.05, 0) is 17.4 Å². The zero-order valence-corrected chi connectivity index (χ0v) is 16.7. The molecule has 0 aliphatic heterocycles. The van der Waals surface area contributed by atoms with Crippen molar-refractivity contribution in [3.8, 4) is 0 Å². The average Bonchev–Trinajstić information content (AvgIpc) is 2.64. The molecule has 0 bridgehead atoms. The number of carboxylic acid groups (broad SMARTS) is 1. The van der Waals surface area contributed by atoms with E-state index in [0.717, 1.165) is 0 Å². The van der Waals surface area contributed by atoms with Crippen molar-refractivity contribution in [2.45, 2.75) is 32.5 Å². The molecule has 0 aromatic rings. The van der Waals surface area contributed by atoms with Crippen LogP contribution >= 0.6 is 0 Å². The molecular formula is C21H28O8. The van der Waals surface area contributed by atoms with Crippen LogP contribution in [0.5, 0.6) is 0 Å². The van der Waals surface area contributed by atoms with Crippen molar-refractivity contribution in [3.05, 3.63) is 49.1 Å². The predicted octanol–water partition coefficient (Wildman–Crippen LogP) is 1.40. The largest absolute Gasteiger partial charge is 0.478 e. The number of aliphatic hydroxyl groups excluding tert-OH is 2. The van der Waals surface area contributed by atoms with Gasteiger partial charge in [-0.3, -0.25) is 4.79 Å². The van der Waals surface area contributed by atoms with Gasteiger partial charge in [-0.15, -0.1) is 6.58 Å². The summed E-state index contributed by atoms with van der Waals surface area (Å²) in [6.45, 7) is 16.7.